The van der Waals surface area contributed by atoms with Gasteiger partial charge in [0, 0.05) is 17.8 Å². The van der Waals surface area contributed by atoms with Gasteiger partial charge in [-0.2, -0.15) is 4.58 Å². The maximum Gasteiger partial charge on any atom is 0.228 e. The summed E-state index contributed by atoms with van der Waals surface area (Å²) >= 11 is 0. The summed E-state index contributed by atoms with van der Waals surface area (Å²) in [5.74, 6) is 2.86. The highest BCUT2D eigenvalue weighted by Gasteiger charge is 2.53. The molecule has 4 bridgehead atoms. The van der Waals surface area contributed by atoms with E-state index in [-0.39, 0.29) is 0 Å². The van der Waals surface area contributed by atoms with Gasteiger partial charge in [0.1, 0.15) is 0 Å². The lowest BCUT2D eigenvalue weighted by atomic mass is 9.48. The third-order valence-electron chi connectivity index (χ3n) is 8.69. The van der Waals surface area contributed by atoms with Crippen LogP contribution in [-0.4, -0.2) is 17.5 Å². The van der Waals surface area contributed by atoms with E-state index in [0.29, 0.717) is 5.41 Å². The van der Waals surface area contributed by atoms with Crippen LogP contribution in [-0.2, 0) is 5.41 Å². The van der Waals surface area contributed by atoms with E-state index >= 15 is 0 Å². The van der Waals surface area contributed by atoms with Gasteiger partial charge in [-0.25, -0.2) is 0 Å². The molecule has 4 saturated carbocycles. The van der Waals surface area contributed by atoms with Crippen molar-refractivity contribution in [2.24, 2.45) is 17.8 Å². The van der Waals surface area contributed by atoms with Crippen molar-refractivity contribution in [3.05, 3.63) is 90.0 Å². The van der Waals surface area contributed by atoms with Crippen LogP contribution in [0.5, 0.6) is 0 Å². The second-order valence-corrected chi connectivity index (χ2v) is 10.8. The largest absolute Gasteiger partial charge is 0.285 e. The molecule has 4 aliphatic carbocycles. The van der Waals surface area contributed by atoms with E-state index in [1.54, 1.807) is 5.56 Å². The molecule has 1 heterocycles. The Hall–Kier alpha value is -2.87. The quantitative estimate of drug-likeness (QED) is 0.413. The van der Waals surface area contributed by atoms with Crippen molar-refractivity contribution in [3.63, 3.8) is 0 Å². The number of benzene rings is 3. The Morgan fingerprint density at radius 1 is 0.688 bits per heavy atom. The zero-order chi connectivity index (χ0) is 21.1. The average Bonchev–Trinajstić information content (AvgIpc) is 2.83. The number of fused-ring (bicyclic) bond motifs is 1. The van der Waals surface area contributed by atoms with Gasteiger partial charge < -0.3 is 0 Å². The molecule has 0 amide bonds. The molecule has 1 aliphatic heterocycles. The highest BCUT2D eigenvalue weighted by molar-refractivity contribution is 5.91. The standard InChI is InChI=1S/C30H31N2/c1-3-9-26(10-4-1)31-20-25-8-7-13-28(29(25)32(21-31)27-11-5-2-6-12-27)30-17-22-14-23(18-30)16-24(15-22)19-30/h1-13,20,22-24H,14-19,21H2/q+1. The molecule has 2 nitrogen and oxygen atoms in total. The molecular weight excluding hydrogens is 388 g/mol. The molecule has 2 heteroatoms. The predicted molar refractivity (Wildman–Crippen MR) is 131 cm³/mol. The Kier molecular flexibility index (Phi) is 4.12. The maximum atomic E-state index is 2.58. The number of nitrogens with zero attached hydrogens (tertiary/aromatic N) is 2. The molecule has 0 spiro atoms. The van der Waals surface area contributed by atoms with Crippen LogP contribution < -0.4 is 4.90 Å². The fraction of sp³-hybridized carbons (Fsp3) is 0.367. The Morgan fingerprint density at radius 2 is 1.31 bits per heavy atom. The fourth-order valence-electron chi connectivity index (χ4n) is 7.86. The second kappa shape index (κ2) is 7.07. The van der Waals surface area contributed by atoms with Crippen LogP contribution in [0.3, 0.4) is 0 Å². The van der Waals surface area contributed by atoms with Crippen LogP contribution in [0.15, 0.2) is 78.9 Å². The molecule has 0 unspecified atom stereocenters. The fourth-order valence-corrected chi connectivity index (χ4v) is 7.86. The number of hydrogen-bond acceptors (Lipinski definition) is 1. The molecule has 0 aromatic heterocycles. The van der Waals surface area contributed by atoms with Gasteiger partial charge in [-0.15, -0.1) is 0 Å². The Morgan fingerprint density at radius 3 is 1.97 bits per heavy atom. The molecule has 5 aliphatic rings. The van der Waals surface area contributed by atoms with Crippen LogP contribution in [0.2, 0.25) is 0 Å². The molecule has 3 aromatic rings. The molecule has 0 N–H and O–H groups in total. The third kappa shape index (κ3) is 2.88. The molecule has 0 atom stereocenters. The van der Waals surface area contributed by atoms with Crippen molar-refractivity contribution in [1.82, 2.24) is 0 Å². The summed E-state index contributed by atoms with van der Waals surface area (Å²) in [6.07, 6.45) is 11.1. The van der Waals surface area contributed by atoms with Crippen LogP contribution in [0, 0.1) is 17.8 Å². The summed E-state index contributed by atoms with van der Waals surface area (Å²) in [4.78, 5) is 2.58. The van der Waals surface area contributed by atoms with Gasteiger partial charge in [0.25, 0.3) is 0 Å². The van der Waals surface area contributed by atoms with Gasteiger partial charge in [0.05, 0.1) is 11.3 Å². The third-order valence-corrected chi connectivity index (χ3v) is 8.69. The summed E-state index contributed by atoms with van der Waals surface area (Å²) in [6.45, 7) is 0.852. The van der Waals surface area contributed by atoms with E-state index in [1.165, 1.54) is 61.2 Å². The van der Waals surface area contributed by atoms with Crippen molar-refractivity contribution in [2.45, 2.75) is 43.9 Å². The Labute approximate surface area is 191 Å². The van der Waals surface area contributed by atoms with Gasteiger partial charge in [0.15, 0.2) is 6.21 Å². The Bertz CT molecular complexity index is 1140. The predicted octanol–water partition coefficient (Wildman–Crippen LogP) is 7.03. The number of hydrogen-bond donors (Lipinski definition) is 0. The maximum absolute atomic E-state index is 2.58. The summed E-state index contributed by atoms with van der Waals surface area (Å²) in [5, 5.41) is 0. The van der Waals surface area contributed by atoms with Crippen molar-refractivity contribution >= 4 is 23.3 Å². The highest BCUT2D eigenvalue weighted by atomic mass is 15.3. The normalized spacial score (nSPS) is 30.2. The highest BCUT2D eigenvalue weighted by Crippen LogP contribution is 2.62. The summed E-state index contributed by atoms with van der Waals surface area (Å²) in [6, 6.07) is 28.9. The molecule has 8 rings (SSSR count). The monoisotopic (exact) mass is 419 g/mol. The topological polar surface area (TPSA) is 6.25 Å². The smallest absolute Gasteiger partial charge is 0.228 e. The number of rotatable bonds is 3. The van der Waals surface area contributed by atoms with Crippen LogP contribution in [0.4, 0.5) is 17.1 Å². The van der Waals surface area contributed by atoms with E-state index < -0.39 is 0 Å². The summed E-state index contributed by atoms with van der Waals surface area (Å²) < 4.78 is 2.40. The van der Waals surface area contributed by atoms with E-state index in [0.717, 1.165) is 24.4 Å². The van der Waals surface area contributed by atoms with Gasteiger partial charge >= 0.3 is 0 Å². The molecule has 0 radical (unpaired) electrons. The lowest BCUT2D eigenvalue weighted by molar-refractivity contribution is -0.434. The minimum atomic E-state index is 0.385. The Balaban J connectivity index is 1.42. The van der Waals surface area contributed by atoms with Gasteiger partial charge in [-0.05, 0) is 85.5 Å². The molecule has 3 aromatic carbocycles. The van der Waals surface area contributed by atoms with Crippen LogP contribution >= 0.6 is 0 Å². The van der Waals surface area contributed by atoms with E-state index in [1.807, 2.05) is 0 Å². The molecule has 0 saturated heterocycles. The first-order valence-electron chi connectivity index (χ1n) is 12.4. The van der Waals surface area contributed by atoms with E-state index in [9.17, 15) is 0 Å². The first-order valence-corrected chi connectivity index (χ1v) is 12.4. The lowest BCUT2D eigenvalue weighted by Gasteiger charge is -2.57. The van der Waals surface area contributed by atoms with Crippen molar-refractivity contribution < 1.29 is 4.58 Å². The summed E-state index contributed by atoms with van der Waals surface area (Å²) in [7, 11) is 0. The minimum Gasteiger partial charge on any atom is -0.285 e. The first kappa shape index (κ1) is 18.7. The summed E-state index contributed by atoms with van der Waals surface area (Å²) in [5.41, 5.74) is 7.38. The lowest BCUT2D eigenvalue weighted by Crippen LogP contribution is -2.49. The van der Waals surface area contributed by atoms with E-state index in [2.05, 4.69) is 94.6 Å². The van der Waals surface area contributed by atoms with Crippen molar-refractivity contribution in [3.8, 4) is 0 Å². The molecule has 32 heavy (non-hydrogen) atoms. The van der Waals surface area contributed by atoms with Crippen LogP contribution in [0.25, 0.3) is 0 Å². The minimum absolute atomic E-state index is 0.385. The van der Waals surface area contributed by atoms with Crippen LogP contribution in [0.1, 0.15) is 49.7 Å². The van der Waals surface area contributed by atoms with Gasteiger partial charge in [0.2, 0.25) is 12.4 Å². The SMILES string of the molecule is C1=[N+](c2ccccc2)CN(c2ccccc2)c2c1cccc2C12CC3CC(CC(C3)C1)C2. The molecule has 160 valence electrons. The van der Waals surface area contributed by atoms with E-state index in [4.69, 9.17) is 0 Å². The van der Waals surface area contributed by atoms with Crippen molar-refractivity contribution in [1.29, 1.82) is 0 Å². The number of anilines is 2. The van der Waals surface area contributed by atoms with Gasteiger partial charge in [-0.3, -0.25) is 4.90 Å². The average molecular weight is 420 g/mol. The zero-order valence-electron chi connectivity index (χ0n) is 18.7. The molecular formula is C30H31N2+. The molecule has 4 fully saturated rings. The zero-order valence-corrected chi connectivity index (χ0v) is 18.7. The van der Waals surface area contributed by atoms with Crippen molar-refractivity contribution in [2.75, 3.05) is 11.6 Å². The second-order valence-electron chi connectivity index (χ2n) is 10.8. The first-order chi connectivity index (χ1) is 15.8. The number of para-hydroxylation sites is 3. The van der Waals surface area contributed by atoms with Gasteiger partial charge in [-0.1, -0.05) is 48.5 Å².